The normalized spacial score (nSPS) is 23.3. The minimum atomic E-state index is -0.0242. The van der Waals surface area contributed by atoms with Crippen molar-refractivity contribution in [2.75, 3.05) is 19.6 Å². The molecular formula is C11H22N2O. The number of carbonyl (C=O) groups excluding carboxylic acids is 1. The molecule has 82 valence electrons. The summed E-state index contributed by atoms with van der Waals surface area (Å²) >= 11 is 0. The van der Waals surface area contributed by atoms with Crippen molar-refractivity contribution in [2.24, 2.45) is 17.1 Å². The molecule has 1 unspecified atom stereocenters. The number of rotatable bonds is 2. The van der Waals surface area contributed by atoms with Crippen LogP contribution in [0.5, 0.6) is 0 Å². The van der Waals surface area contributed by atoms with Gasteiger partial charge in [0, 0.05) is 25.6 Å². The van der Waals surface area contributed by atoms with Gasteiger partial charge in [0.15, 0.2) is 0 Å². The molecule has 1 atom stereocenters. The van der Waals surface area contributed by atoms with E-state index in [2.05, 4.69) is 13.8 Å². The minimum absolute atomic E-state index is 0.0242. The van der Waals surface area contributed by atoms with Crippen LogP contribution in [0.3, 0.4) is 0 Å². The molecule has 1 heterocycles. The van der Waals surface area contributed by atoms with E-state index in [4.69, 9.17) is 5.73 Å². The van der Waals surface area contributed by atoms with Crippen LogP contribution in [0.15, 0.2) is 0 Å². The fourth-order valence-corrected chi connectivity index (χ4v) is 2.02. The number of hydrogen-bond acceptors (Lipinski definition) is 2. The summed E-state index contributed by atoms with van der Waals surface area (Å²) in [6.45, 7) is 8.60. The predicted octanol–water partition coefficient (Wildman–Crippen LogP) is 1.23. The van der Waals surface area contributed by atoms with E-state index < -0.39 is 0 Å². The lowest BCUT2D eigenvalue weighted by atomic mass is 9.84. The largest absolute Gasteiger partial charge is 0.342 e. The van der Waals surface area contributed by atoms with E-state index in [1.807, 2.05) is 11.8 Å². The van der Waals surface area contributed by atoms with Crippen molar-refractivity contribution in [1.82, 2.24) is 4.90 Å². The lowest BCUT2D eigenvalue weighted by molar-refractivity contribution is -0.137. The molecule has 0 aromatic rings. The zero-order valence-corrected chi connectivity index (χ0v) is 9.55. The molecule has 14 heavy (non-hydrogen) atoms. The summed E-state index contributed by atoms with van der Waals surface area (Å²) in [5.74, 6) is 0.198. The summed E-state index contributed by atoms with van der Waals surface area (Å²) in [6, 6.07) is 0. The number of likely N-dealkylation sites (tertiary alicyclic amines) is 1. The minimum Gasteiger partial charge on any atom is -0.342 e. The Morgan fingerprint density at radius 3 is 2.71 bits per heavy atom. The van der Waals surface area contributed by atoms with E-state index >= 15 is 0 Å². The number of carbonyl (C=O) groups is 1. The van der Waals surface area contributed by atoms with Gasteiger partial charge in [-0.2, -0.15) is 0 Å². The van der Waals surface area contributed by atoms with Gasteiger partial charge in [-0.1, -0.05) is 20.8 Å². The third-order valence-electron chi connectivity index (χ3n) is 2.99. The molecule has 1 aliphatic rings. The summed E-state index contributed by atoms with van der Waals surface area (Å²) in [4.78, 5) is 13.8. The van der Waals surface area contributed by atoms with Crippen molar-refractivity contribution in [2.45, 2.75) is 33.6 Å². The third kappa shape index (κ3) is 2.71. The molecule has 1 rings (SSSR count). The van der Waals surface area contributed by atoms with Gasteiger partial charge >= 0.3 is 0 Å². The van der Waals surface area contributed by atoms with Crippen LogP contribution in [0.2, 0.25) is 0 Å². The van der Waals surface area contributed by atoms with Gasteiger partial charge < -0.3 is 10.6 Å². The van der Waals surface area contributed by atoms with Gasteiger partial charge in [-0.05, 0) is 18.3 Å². The molecule has 0 aromatic carbocycles. The van der Waals surface area contributed by atoms with Crippen molar-refractivity contribution in [3.8, 4) is 0 Å². The first-order valence-electron chi connectivity index (χ1n) is 5.45. The van der Waals surface area contributed by atoms with Gasteiger partial charge in [0.05, 0.1) is 0 Å². The van der Waals surface area contributed by atoms with Crippen LogP contribution >= 0.6 is 0 Å². The average molecular weight is 198 g/mol. The van der Waals surface area contributed by atoms with E-state index in [0.717, 1.165) is 19.5 Å². The Bertz CT molecular complexity index is 213. The molecule has 0 aromatic heterocycles. The fourth-order valence-electron chi connectivity index (χ4n) is 2.02. The standard InChI is InChI=1S/C11H22N2O/c1-9(7-12)10(14)13-6-4-5-11(2,3)8-13/h9H,4-8,12H2,1-3H3. The number of piperidine rings is 1. The first-order chi connectivity index (χ1) is 6.46. The highest BCUT2D eigenvalue weighted by molar-refractivity contribution is 5.78. The molecular weight excluding hydrogens is 176 g/mol. The zero-order valence-electron chi connectivity index (χ0n) is 9.55. The second-order valence-electron chi connectivity index (χ2n) is 5.16. The third-order valence-corrected chi connectivity index (χ3v) is 2.99. The van der Waals surface area contributed by atoms with Crippen LogP contribution in [0.25, 0.3) is 0 Å². The number of hydrogen-bond donors (Lipinski definition) is 1. The SMILES string of the molecule is CC(CN)C(=O)N1CCCC(C)(C)C1. The van der Waals surface area contributed by atoms with E-state index in [-0.39, 0.29) is 17.2 Å². The van der Waals surface area contributed by atoms with Gasteiger partial charge in [-0.25, -0.2) is 0 Å². The first-order valence-corrected chi connectivity index (χ1v) is 5.45. The summed E-state index contributed by atoms with van der Waals surface area (Å²) in [5, 5.41) is 0. The Morgan fingerprint density at radius 1 is 1.57 bits per heavy atom. The lowest BCUT2D eigenvalue weighted by Crippen LogP contribution is -2.46. The predicted molar refractivity (Wildman–Crippen MR) is 57.8 cm³/mol. The monoisotopic (exact) mass is 198 g/mol. The fraction of sp³-hybridized carbons (Fsp3) is 0.909. The highest BCUT2D eigenvalue weighted by atomic mass is 16.2. The topological polar surface area (TPSA) is 46.3 Å². The van der Waals surface area contributed by atoms with Gasteiger partial charge in [-0.3, -0.25) is 4.79 Å². The van der Waals surface area contributed by atoms with Crippen molar-refractivity contribution in [1.29, 1.82) is 0 Å². The molecule has 0 radical (unpaired) electrons. The van der Waals surface area contributed by atoms with Crippen LogP contribution in [-0.4, -0.2) is 30.4 Å². The molecule has 1 amide bonds. The summed E-state index contributed by atoms with van der Waals surface area (Å²) < 4.78 is 0. The van der Waals surface area contributed by atoms with Gasteiger partial charge in [0.2, 0.25) is 5.91 Å². The molecule has 3 nitrogen and oxygen atoms in total. The quantitative estimate of drug-likeness (QED) is 0.725. The second-order valence-corrected chi connectivity index (χ2v) is 5.16. The molecule has 1 saturated heterocycles. The van der Waals surface area contributed by atoms with Crippen molar-refractivity contribution < 1.29 is 4.79 Å². The molecule has 0 aliphatic carbocycles. The first kappa shape index (κ1) is 11.5. The van der Waals surface area contributed by atoms with E-state index in [9.17, 15) is 4.79 Å². The molecule has 3 heteroatoms. The highest BCUT2D eigenvalue weighted by Crippen LogP contribution is 2.28. The van der Waals surface area contributed by atoms with E-state index in [1.165, 1.54) is 6.42 Å². The Hall–Kier alpha value is -0.570. The second kappa shape index (κ2) is 4.30. The number of nitrogens with zero attached hydrogens (tertiary/aromatic N) is 1. The Kier molecular flexibility index (Phi) is 3.53. The van der Waals surface area contributed by atoms with Gasteiger partial charge in [0.25, 0.3) is 0 Å². The maximum Gasteiger partial charge on any atom is 0.226 e. The zero-order chi connectivity index (χ0) is 10.8. The highest BCUT2D eigenvalue weighted by Gasteiger charge is 2.30. The Morgan fingerprint density at radius 2 is 2.21 bits per heavy atom. The van der Waals surface area contributed by atoms with Gasteiger partial charge in [0.1, 0.15) is 0 Å². The summed E-state index contributed by atoms with van der Waals surface area (Å²) in [7, 11) is 0. The molecule has 0 bridgehead atoms. The maximum atomic E-state index is 11.9. The average Bonchev–Trinajstić information content (AvgIpc) is 2.14. The van der Waals surface area contributed by atoms with Crippen LogP contribution in [0.1, 0.15) is 33.6 Å². The van der Waals surface area contributed by atoms with Crippen LogP contribution in [0.4, 0.5) is 0 Å². The van der Waals surface area contributed by atoms with Crippen LogP contribution in [0, 0.1) is 11.3 Å². The van der Waals surface area contributed by atoms with Crippen molar-refractivity contribution in [3.63, 3.8) is 0 Å². The molecule has 2 N–H and O–H groups in total. The van der Waals surface area contributed by atoms with Crippen molar-refractivity contribution in [3.05, 3.63) is 0 Å². The van der Waals surface area contributed by atoms with Crippen LogP contribution in [-0.2, 0) is 4.79 Å². The summed E-state index contributed by atoms with van der Waals surface area (Å²) in [6.07, 6.45) is 2.34. The van der Waals surface area contributed by atoms with E-state index in [0.29, 0.717) is 6.54 Å². The number of amides is 1. The smallest absolute Gasteiger partial charge is 0.226 e. The van der Waals surface area contributed by atoms with Crippen molar-refractivity contribution >= 4 is 5.91 Å². The maximum absolute atomic E-state index is 11.9. The summed E-state index contributed by atoms with van der Waals surface area (Å²) in [5.41, 5.74) is 5.78. The molecule has 1 aliphatic heterocycles. The van der Waals surface area contributed by atoms with E-state index in [1.54, 1.807) is 0 Å². The Balaban J connectivity index is 2.56. The molecule has 0 spiro atoms. The molecule has 0 saturated carbocycles. The lowest BCUT2D eigenvalue weighted by Gasteiger charge is -2.39. The Labute approximate surface area is 86.6 Å². The van der Waals surface area contributed by atoms with Gasteiger partial charge in [-0.15, -0.1) is 0 Å². The van der Waals surface area contributed by atoms with Crippen LogP contribution < -0.4 is 5.73 Å². The molecule has 1 fully saturated rings. The number of nitrogens with two attached hydrogens (primary N) is 1.